The molecule has 1 N–H and O–H groups in total. The van der Waals surface area contributed by atoms with Crippen molar-refractivity contribution in [2.45, 2.75) is 13.1 Å². The van der Waals surface area contributed by atoms with E-state index in [1.807, 2.05) is 0 Å². The number of carbonyl (C=O) groups is 2. The zero-order valence-corrected chi connectivity index (χ0v) is 7.42. The van der Waals surface area contributed by atoms with Gasteiger partial charge in [-0.1, -0.05) is 0 Å². The Labute approximate surface area is 77.4 Å². The van der Waals surface area contributed by atoms with E-state index in [4.69, 9.17) is 9.90 Å². The average Bonchev–Trinajstić information content (AvgIpc) is 2.04. The first-order valence-electron chi connectivity index (χ1n) is 3.26. The number of carboxylic acid groups (broad SMARTS) is 1. The van der Waals surface area contributed by atoms with E-state index in [2.05, 4.69) is 9.47 Å². The first kappa shape index (κ1) is 15.0. The molecular formula is C6H9F3O5. The van der Waals surface area contributed by atoms with Crippen LogP contribution in [0.4, 0.5) is 18.0 Å². The van der Waals surface area contributed by atoms with Crippen molar-refractivity contribution in [3.05, 3.63) is 0 Å². The third kappa shape index (κ3) is 10.5. The van der Waals surface area contributed by atoms with Gasteiger partial charge in [0.25, 0.3) is 0 Å². The summed E-state index contributed by atoms with van der Waals surface area (Å²) in [6.07, 6.45) is -5.71. The van der Waals surface area contributed by atoms with Gasteiger partial charge in [0.15, 0.2) is 0 Å². The third-order valence-electron chi connectivity index (χ3n) is 0.671. The molecule has 0 bridgehead atoms. The Morgan fingerprint density at radius 1 is 1.36 bits per heavy atom. The second-order valence-corrected chi connectivity index (χ2v) is 1.69. The lowest BCUT2D eigenvalue weighted by molar-refractivity contribution is -0.192. The Morgan fingerprint density at radius 2 is 1.71 bits per heavy atom. The van der Waals surface area contributed by atoms with E-state index in [0.29, 0.717) is 6.61 Å². The number of alkyl halides is 3. The van der Waals surface area contributed by atoms with Gasteiger partial charge >= 0.3 is 18.3 Å². The minimum atomic E-state index is -5.08. The Balaban J connectivity index is 0. The second-order valence-electron chi connectivity index (χ2n) is 1.69. The summed E-state index contributed by atoms with van der Waals surface area (Å²) in [6, 6.07) is 0. The summed E-state index contributed by atoms with van der Waals surface area (Å²) >= 11 is 0. The summed E-state index contributed by atoms with van der Waals surface area (Å²) < 4.78 is 40.2. The summed E-state index contributed by atoms with van der Waals surface area (Å²) in [4.78, 5) is 18.9. The molecule has 84 valence electrons. The van der Waals surface area contributed by atoms with Crippen LogP contribution in [0.1, 0.15) is 6.92 Å². The molecule has 0 rings (SSSR count). The molecule has 14 heavy (non-hydrogen) atoms. The number of hydrogen-bond donors (Lipinski definition) is 1. The number of methoxy groups -OCH3 is 1. The highest BCUT2D eigenvalue weighted by molar-refractivity contribution is 5.73. The lowest BCUT2D eigenvalue weighted by Crippen LogP contribution is -2.21. The van der Waals surface area contributed by atoms with Gasteiger partial charge in [0.2, 0.25) is 0 Å². The predicted octanol–water partition coefficient (Wildman–Crippen LogP) is 1.42. The maximum Gasteiger partial charge on any atom is 0.507 e. The van der Waals surface area contributed by atoms with Gasteiger partial charge in [-0.25, -0.2) is 9.59 Å². The Bertz CT molecular complexity index is 188. The first-order valence-corrected chi connectivity index (χ1v) is 3.26. The molecule has 0 saturated carbocycles. The van der Waals surface area contributed by atoms with Gasteiger partial charge in [0, 0.05) is 0 Å². The molecule has 0 fully saturated rings. The lowest BCUT2D eigenvalue weighted by atomic mass is 10.7. The number of carboxylic acids is 1. The van der Waals surface area contributed by atoms with E-state index < -0.39 is 18.3 Å². The number of ether oxygens (including phenoxy) is 2. The van der Waals surface area contributed by atoms with Crippen LogP contribution in [0.15, 0.2) is 0 Å². The van der Waals surface area contributed by atoms with Gasteiger partial charge in [-0.15, -0.1) is 0 Å². The zero-order chi connectivity index (χ0) is 11.8. The fourth-order valence-electron chi connectivity index (χ4n) is 0.177. The molecule has 0 radical (unpaired) electrons. The lowest BCUT2D eigenvalue weighted by Gasteiger charge is -1.94. The van der Waals surface area contributed by atoms with E-state index in [9.17, 15) is 18.0 Å². The smallest absolute Gasteiger partial charge is 0.475 e. The molecule has 0 heterocycles. The number of carbonyl (C=O) groups excluding carboxylic acids is 1. The molecule has 5 nitrogen and oxygen atoms in total. The third-order valence-corrected chi connectivity index (χ3v) is 0.671. The molecular weight excluding hydrogens is 209 g/mol. The van der Waals surface area contributed by atoms with Crippen molar-refractivity contribution in [2.24, 2.45) is 0 Å². The molecule has 0 unspecified atom stereocenters. The average molecular weight is 218 g/mol. The molecule has 0 aromatic carbocycles. The molecule has 0 amide bonds. The fourth-order valence-corrected chi connectivity index (χ4v) is 0.177. The van der Waals surface area contributed by atoms with Crippen LogP contribution in [0.5, 0.6) is 0 Å². The van der Waals surface area contributed by atoms with Crippen LogP contribution in [0.25, 0.3) is 0 Å². The van der Waals surface area contributed by atoms with Crippen LogP contribution in [0.3, 0.4) is 0 Å². The monoisotopic (exact) mass is 218 g/mol. The van der Waals surface area contributed by atoms with Crippen molar-refractivity contribution in [2.75, 3.05) is 13.7 Å². The Morgan fingerprint density at radius 3 is 1.79 bits per heavy atom. The fraction of sp³-hybridized carbons (Fsp3) is 0.667. The van der Waals surface area contributed by atoms with Gasteiger partial charge in [-0.3, -0.25) is 0 Å². The van der Waals surface area contributed by atoms with Gasteiger partial charge in [0.05, 0.1) is 13.7 Å². The molecule has 0 aliphatic carbocycles. The molecule has 8 heteroatoms. The highest BCUT2D eigenvalue weighted by atomic mass is 19.4. The number of hydrogen-bond acceptors (Lipinski definition) is 4. The summed E-state index contributed by atoms with van der Waals surface area (Å²) in [5.41, 5.74) is 0. The summed E-state index contributed by atoms with van der Waals surface area (Å²) in [6.45, 7) is 2.09. The van der Waals surface area contributed by atoms with Gasteiger partial charge in [-0.05, 0) is 6.92 Å². The number of halogens is 3. The van der Waals surface area contributed by atoms with E-state index in [0.717, 1.165) is 0 Å². The van der Waals surface area contributed by atoms with Crippen LogP contribution >= 0.6 is 0 Å². The number of aliphatic carboxylic acids is 1. The number of rotatable bonds is 1. The minimum absolute atomic E-state index is 0.368. The van der Waals surface area contributed by atoms with Crippen molar-refractivity contribution in [3.8, 4) is 0 Å². The van der Waals surface area contributed by atoms with E-state index in [-0.39, 0.29) is 0 Å². The maximum atomic E-state index is 10.6. The molecule has 0 saturated heterocycles. The summed E-state index contributed by atoms with van der Waals surface area (Å²) in [7, 11) is 1.28. The standard InChI is InChI=1S/C4H8O3.C2HF3O2/c1-3-7-4(5)6-2;3-2(4,5)1(6)7/h3H2,1-2H3;(H,6,7). The van der Waals surface area contributed by atoms with Crippen molar-refractivity contribution < 1.29 is 37.3 Å². The van der Waals surface area contributed by atoms with Crippen molar-refractivity contribution in [1.29, 1.82) is 0 Å². The normalized spacial score (nSPS) is 9.50. The molecule has 0 aliphatic rings. The van der Waals surface area contributed by atoms with E-state index in [1.165, 1.54) is 7.11 Å². The second kappa shape index (κ2) is 6.98. The maximum absolute atomic E-state index is 10.6. The van der Waals surface area contributed by atoms with Crippen LogP contribution in [-0.4, -0.2) is 37.1 Å². The SMILES string of the molecule is CCOC(=O)OC.O=C(O)C(F)(F)F. The topological polar surface area (TPSA) is 72.8 Å². The van der Waals surface area contributed by atoms with Crippen LogP contribution < -0.4 is 0 Å². The molecule has 0 aromatic heterocycles. The van der Waals surface area contributed by atoms with Gasteiger partial charge in [-0.2, -0.15) is 13.2 Å². The minimum Gasteiger partial charge on any atom is -0.475 e. The molecule has 0 aliphatic heterocycles. The van der Waals surface area contributed by atoms with Crippen LogP contribution in [0.2, 0.25) is 0 Å². The molecule has 0 spiro atoms. The zero-order valence-electron chi connectivity index (χ0n) is 7.42. The van der Waals surface area contributed by atoms with Gasteiger partial charge < -0.3 is 14.6 Å². The van der Waals surface area contributed by atoms with Crippen LogP contribution in [0, 0.1) is 0 Å². The Kier molecular flexibility index (Phi) is 7.49. The van der Waals surface area contributed by atoms with Crippen molar-refractivity contribution in [3.63, 3.8) is 0 Å². The summed E-state index contributed by atoms with van der Waals surface area (Å²) in [5.74, 6) is -2.76. The van der Waals surface area contributed by atoms with Crippen LogP contribution in [-0.2, 0) is 14.3 Å². The summed E-state index contributed by atoms with van der Waals surface area (Å²) in [5, 5.41) is 7.12. The highest BCUT2D eigenvalue weighted by Gasteiger charge is 2.38. The van der Waals surface area contributed by atoms with Gasteiger partial charge in [0.1, 0.15) is 0 Å². The van der Waals surface area contributed by atoms with E-state index >= 15 is 0 Å². The predicted molar refractivity (Wildman–Crippen MR) is 37.7 cm³/mol. The first-order chi connectivity index (χ1) is 6.25. The largest absolute Gasteiger partial charge is 0.507 e. The Hall–Kier alpha value is -1.47. The quantitative estimate of drug-likeness (QED) is 0.674. The van der Waals surface area contributed by atoms with Crippen molar-refractivity contribution >= 4 is 12.1 Å². The molecule has 0 atom stereocenters. The van der Waals surface area contributed by atoms with E-state index in [1.54, 1.807) is 6.92 Å². The highest BCUT2D eigenvalue weighted by Crippen LogP contribution is 2.13. The van der Waals surface area contributed by atoms with Crippen molar-refractivity contribution in [1.82, 2.24) is 0 Å². The molecule has 0 aromatic rings.